The quantitative estimate of drug-likeness (QED) is 0.879. The van der Waals surface area contributed by atoms with Crippen molar-refractivity contribution in [1.29, 1.82) is 0 Å². The second kappa shape index (κ2) is 6.68. The number of nitrogens with zero attached hydrogens (tertiary/aromatic N) is 1. The molecule has 0 aliphatic carbocycles. The van der Waals surface area contributed by atoms with Crippen LogP contribution in [-0.2, 0) is 9.53 Å². The summed E-state index contributed by atoms with van der Waals surface area (Å²) in [5, 5.41) is 2.97. The van der Waals surface area contributed by atoms with Crippen LogP contribution in [0.2, 0.25) is 5.02 Å². The van der Waals surface area contributed by atoms with Gasteiger partial charge in [0.1, 0.15) is 5.69 Å². The van der Waals surface area contributed by atoms with Crippen LogP contribution >= 0.6 is 11.6 Å². The minimum Gasteiger partial charge on any atom is -0.451 e. The molecule has 0 bridgehead atoms. The van der Waals surface area contributed by atoms with Crippen LogP contribution in [0.25, 0.3) is 0 Å². The number of aromatic nitrogens is 1. The normalized spacial score (nSPS) is 9.85. The van der Waals surface area contributed by atoms with Gasteiger partial charge in [0.05, 0.1) is 0 Å². The molecule has 1 aromatic heterocycles. The number of nitrogens with one attached hydrogen (secondary N) is 1. The van der Waals surface area contributed by atoms with Gasteiger partial charge in [-0.05, 0) is 24.3 Å². The lowest BCUT2D eigenvalue weighted by Crippen LogP contribution is -2.21. The molecule has 2 aromatic rings. The topological polar surface area (TPSA) is 68.3 Å². The average Bonchev–Trinajstić information content (AvgIpc) is 2.46. The van der Waals surface area contributed by atoms with Crippen LogP contribution in [0.1, 0.15) is 10.5 Å². The number of anilines is 1. The van der Waals surface area contributed by atoms with Crippen LogP contribution < -0.4 is 5.32 Å². The Morgan fingerprint density at radius 1 is 1.20 bits per heavy atom. The van der Waals surface area contributed by atoms with E-state index in [4.69, 9.17) is 16.3 Å². The molecule has 1 N–H and O–H groups in total. The van der Waals surface area contributed by atoms with Crippen molar-refractivity contribution in [2.75, 3.05) is 11.9 Å². The third kappa shape index (κ3) is 4.07. The predicted octanol–water partition coefficient (Wildman–Crippen LogP) is 2.53. The van der Waals surface area contributed by atoms with E-state index in [2.05, 4.69) is 10.3 Å². The van der Waals surface area contributed by atoms with Crippen LogP contribution in [0.4, 0.5) is 5.69 Å². The Balaban J connectivity index is 1.86. The maximum absolute atomic E-state index is 11.6. The van der Waals surface area contributed by atoms with Crippen molar-refractivity contribution in [2.45, 2.75) is 0 Å². The number of esters is 1. The summed E-state index contributed by atoms with van der Waals surface area (Å²) in [5.74, 6) is -1.12. The summed E-state index contributed by atoms with van der Waals surface area (Å²) in [4.78, 5) is 27.0. The lowest BCUT2D eigenvalue weighted by Gasteiger charge is -2.06. The first-order valence-electron chi connectivity index (χ1n) is 5.79. The number of halogens is 1. The first-order chi connectivity index (χ1) is 9.65. The molecule has 0 radical (unpaired) electrons. The van der Waals surface area contributed by atoms with E-state index in [1.54, 1.807) is 30.3 Å². The molecule has 102 valence electrons. The van der Waals surface area contributed by atoms with Gasteiger partial charge < -0.3 is 10.1 Å². The van der Waals surface area contributed by atoms with E-state index >= 15 is 0 Å². The highest BCUT2D eigenvalue weighted by atomic mass is 35.5. The van der Waals surface area contributed by atoms with Crippen LogP contribution in [-0.4, -0.2) is 23.5 Å². The number of rotatable bonds is 4. The van der Waals surface area contributed by atoms with Gasteiger partial charge in [-0.15, -0.1) is 0 Å². The average molecular weight is 291 g/mol. The van der Waals surface area contributed by atoms with Gasteiger partial charge in [-0.2, -0.15) is 0 Å². The molecule has 5 nitrogen and oxygen atoms in total. The zero-order valence-corrected chi connectivity index (χ0v) is 11.1. The van der Waals surface area contributed by atoms with Crippen molar-refractivity contribution in [3.63, 3.8) is 0 Å². The molecule has 0 aliphatic rings. The minimum absolute atomic E-state index is 0.0602. The smallest absolute Gasteiger partial charge is 0.357 e. The Hall–Kier alpha value is -2.40. The van der Waals surface area contributed by atoms with Crippen LogP contribution in [0.15, 0.2) is 48.7 Å². The van der Waals surface area contributed by atoms with E-state index in [0.29, 0.717) is 10.7 Å². The van der Waals surface area contributed by atoms with Crippen LogP contribution in [0, 0.1) is 0 Å². The summed E-state index contributed by atoms with van der Waals surface area (Å²) in [6.07, 6.45) is 1.39. The Bertz CT molecular complexity index is 617. The van der Waals surface area contributed by atoms with Gasteiger partial charge >= 0.3 is 5.97 Å². The van der Waals surface area contributed by atoms with Gasteiger partial charge in [0.25, 0.3) is 5.91 Å². The molecular weight excluding hydrogens is 280 g/mol. The summed E-state index contributed by atoms with van der Waals surface area (Å²) in [6, 6.07) is 11.8. The number of para-hydroxylation sites is 1. The fourth-order valence-corrected chi connectivity index (χ4v) is 1.60. The standard InChI is InChI=1S/C14H11ClN2O3/c15-10-6-7-16-12(8-10)14(19)20-9-13(18)17-11-4-2-1-3-5-11/h1-8H,9H2,(H,17,18). The van der Waals surface area contributed by atoms with Crippen molar-refractivity contribution >= 4 is 29.2 Å². The number of hydrogen-bond donors (Lipinski definition) is 1. The Kier molecular flexibility index (Phi) is 4.68. The summed E-state index contributed by atoms with van der Waals surface area (Å²) in [5.41, 5.74) is 0.694. The Labute approximate surface area is 120 Å². The van der Waals surface area contributed by atoms with Gasteiger partial charge in [0.2, 0.25) is 0 Å². The zero-order valence-electron chi connectivity index (χ0n) is 10.4. The Morgan fingerprint density at radius 2 is 1.95 bits per heavy atom. The lowest BCUT2D eigenvalue weighted by atomic mass is 10.3. The van der Waals surface area contributed by atoms with Gasteiger partial charge in [-0.25, -0.2) is 9.78 Å². The molecule has 0 unspecified atom stereocenters. The molecule has 1 aromatic carbocycles. The summed E-state index contributed by atoms with van der Waals surface area (Å²) in [7, 11) is 0. The van der Waals surface area contributed by atoms with Gasteiger partial charge in [-0.3, -0.25) is 4.79 Å². The Morgan fingerprint density at radius 3 is 2.65 bits per heavy atom. The SMILES string of the molecule is O=C(COC(=O)c1cc(Cl)ccn1)Nc1ccccc1. The van der Waals surface area contributed by atoms with Crippen molar-refractivity contribution < 1.29 is 14.3 Å². The number of carbonyl (C=O) groups is 2. The van der Waals surface area contributed by atoms with E-state index in [0.717, 1.165) is 0 Å². The van der Waals surface area contributed by atoms with Crippen molar-refractivity contribution in [3.05, 3.63) is 59.4 Å². The molecule has 0 aliphatic heterocycles. The van der Waals surface area contributed by atoms with Gasteiger partial charge in [0.15, 0.2) is 6.61 Å². The van der Waals surface area contributed by atoms with Crippen LogP contribution in [0.3, 0.4) is 0 Å². The number of amides is 1. The molecule has 0 saturated carbocycles. The largest absolute Gasteiger partial charge is 0.451 e. The van der Waals surface area contributed by atoms with E-state index in [1.807, 2.05) is 6.07 Å². The molecule has 0 spiro atoms. The van der Waals surface area contributed by atoms with Crippen molar-refractivity contribution in [1.82, 2.24) is 4.98 Å². The maximum Gasteiger partial charge on any atom is 0.357 e. The first kappa shape index (κ1) is 14.0. The molecule has 1 amide bonds. The van der Waals surface area contributed by atoms with E-state index in [-0.39, 0.29) is 12.3 Å². The summed E-state index contributed by atoms with van der Waals surface area (Å²) >= 11 is 5.73. The molecule has 2 rings (SSSR count). The monoisotopic (exact) mass is 290 g/mol. The highest BCUT2D eigenvalue weighted by molar-refractivity contribution is 6.30. The van der Waals surface area contributed by atoms with Gasteiger partial charge in [-0.1, -0.05) is 29.8 Å². The maximum atomic E-state index is 11.6. The molecule has 1 heterocycles. The third-order valence-electron chi connectivity index (χ3n) is 2.32. The second-order valence-electron chi connectivity index (χ2n) is 3.85. The van der Waals surface area contributed by atoms with Crippen molar-refractivity contribution in [3.8, 4) is 0 Å². The fourth-order valence-electron chi connectivity index (χ4n) is 1.44. The lowest BCUT2D eigenvalue weighted by molar-refractivity contribution is -0.119. The first-order valence-corrected chi connectivity index (χ1v) is 6.16. The minimum atomic E-state index is -0.698. The number of hydrogen-bond acceptors (Lipinski definition) is 4. The fraction of sp³-hybridized carbons (Fsp3) is 0.0714. The number of benzene rings is 1. The molecule has 6 heteroatoms. The van der Waals surface area contributed by atoms with Crippen LogP contribution in [0.5, 0.6) is 0 Å². The number of carbonyl (C=O) groups excluding carboxylic acids is 2. The molecule has 20 heavy (non-hydrogen) atoms. The van der Waals surface area contributed by atoms with Crippen molar-refractivity contribution in [2.24, 2.45) is 0 Å². The van der Waals surface area contributed by atoms with E-state index in [1.165, 1.54) is 12.3 Å². The second-order valence-corrected chi connectivity index (χ2v) is 4.29. The summed E-state index contributed by atoms with van der Waals surface area (Å²) < 4.78 is 4.84. The molecule has 0 fully saturated rings. The number of ether oxygens (including phenoxy) is 1. The highest BCUT2D eigenvalue weighted by Crippen LogP contribution is 2.09. The molecule has 0 saturated heterocycles. The highest BCUT2D eigenvalue weighted by Gasteiger charge is 2.11. The number of pyridine rings is 1. The zero-order chi connectivity index (χ0) is 14.4. The molecule has 0 atom stereocenters. The molecular formula is C14H11ClN2O3. The third-order valence-corrected chi connectivity index (χ3v) is 2.56. The van der Waals surface area contributed by atoms with E-state index < -0.39 is 11.9 Å². The van der Waals surface area contributed by atoms with Gasteiger partial charge in [0, 0.05) is 16.9 Å². The summed E-state index contributed by atoms with van der Waals surface area (Å²) in [6.45, 7) is -0.387. The van der Waals surface area contributed by atoms with E-state index in [9.17, 15) is 9.59 Å². The predicted molar refractivity (Wildman–Crippen MR) is 74.6 cm³/mol.